The number of alkyl halides is 2. The van der Waals surface area contributed by atoms with Crippen LogP contribution in [0.1, 0.15) is 51.9 Å². The van der Waals surface area contributed by atoms with Crippen LogP contribution < -0.4 is 9.83 Å². The van der Waals surface area contributed by atoms with Gasteiger partial charge in [0, 0.05) is 37.9 Å². The first kappa shape index (κ1) is 19.5. The number of carboxylic acids is 1. The maximum absolute atomic E-state index is 13.0. The number of aliphatic carboxylic acids is 1. The summed E-state index contributed by atoms with van der Waals surface area (Å²) in [7, 11) is -3.87. The third-order valence-corrected chi connectivity index (χ3v) is 6.81. The molecule has 1 atom stereocenters. The predicted octanol–water partition coefficient (Wildman–Crippen LogP) is 0.888. The van der Waals surface area contributed by atoms with Crippen molar-refractivity contribution < 1.29 is 27.1 Å². The Bertz CT molecular complexity index is 546. The highest BCUT2D eigenvalue weighted by molar-refractivity contribution is 7.87. The maximum atomic E-state index is 13.0. The van der Waals surface area contributed by atoms with Gasteiger partial charge < -0.3 is 9.90 Å². The van der Waals surface area contributed by atoms with E-state index in [-0.39, 0.29) is 5.41 Å². The molecule has 1 N–H and O–H groups in total. The highest BCUT2D eigenvalue weighted by Crippen LogP contribution is 2.46. The maximum Gasteiger partial charge on any atom is 0.279 e. The molecule has 2 rings (SSSR count). The molecule has 0 aromatic rings. The van der Waals surface area contributed by atoms with E-state index in [1.807, 2.05) is 0 Å². The van der Waals surface area contributed by atoms with E-state index in [2.05, 4.69) is 4.72 Å². The molecular formula is C15H25F2N2O4S-. The van der Waals surface area contributed by atoms with Gasteiger partial charge in [0.25, 0.3) is 10.2 Å². The first-order valence-electron chi connectivity index (χ1n) is 8.37. The van der Waals surface area contributed by atoms with Crippen LogP contribution in [0.15, 0.2) is 0 Å². The monoisotopic (exact) mass is 367 g/mol. The molecule has 1 spiro atoms. The lowest BCUT2D eigenvalue weighted by atomic mass is 9.78. The summed E-state index contributed by atoms with van der Waals surface area (Å²) >= 11 is 0. The van der Waals surface area contributed by atoms with Crippen molar-refractivity contribution in [2.75, 3.05) is 19.6 Å². The molecule has 2 fully saturated rings. The van der Waals surface area contributed by atoms with E-state index in [1.165, 1.54) is 17.1 Å². The fourth-order valence-corrected chi connectivity index (χ4v) is 5.05. The van der Waals surface area contributed by atoms with Gasteiger partial charge in [-0.1, -0.05) is 12.8 Å². The minimum Gasteiger partial charge on any atom is -0.550 e. The van der Waals surface area contributed by atoms with Crippen LogP contribution >= 0.6 is 0 Å². The van der Waals surface area contributed by atoms with Gasteiger partial charge in [0.15, 0.2) is 0 Å². The molecule has 1 saturated carbocycles. The molecule has 1 aliphatic heterocycles. The first-order valence-corrected chi connectivity index (χ1v) is 9.81. The zero-order valence-electron chi connectivity index (χ0n) is 13.9. The van der Waals surface area contributed by atoms with Crippen LogP contribution in [-0.2, 0) is 15.0 Å². The lowest BCUT2D eigenvalue weighted by Crippen LogP contribution is -2.50. The topological polar surface area (TPSA) is 89.5 Å². The summed E-state index contributed by atoms with van der Waals surface area (Å²) in [5.41, 5.74) is 0.254. The van der Waals surface area contributed by atoms with E-state index >= 15 is 0 Å². The minimum absolute atomic E-state index is 0.254. The number of carbonyl (C=O) groups excluding carboxylic acids is 1. The Hall–Kier alpha value is -0.800. The van der Waals surface area contributed by atoms with Crippen molar-refractivity contribution in [2.24, 2.45) is 11.3 Å². The number of nitrogens with zero attached hydrogens (tertiary/aromatic N) is 1. The van der Waals surface area contributed by atoms with Gasteiger partial charge in [0.1, 0.15) is 0 Å². The minimum atomic E-state index is -3.87. The average molecular weight is 367 g/mol. The van der Waals surface area contributed by atoms with Crippen LogP contribution in [-0.4, -0.2) is 44.2 Å². The summed E-state index contributed by atoms with van der Waals surface area (Å²) < 4.78 is 54.0. The largest absolute Gasteiger partial charge is 0.550 e. The lowest BCUT2D eigenvalue weighted by molar-refractivity contribution is -0.312. The fourth-order valence-electron chi connectivity index (χ4n) is 3.79. The number of rotatable bonds is 7. The van der Waals surface area contributed by atoms with E-state index in [4.69, 9.17) is 0 Å². The summed E-state index contributed by atoms with van der Waals surface area (Å²) in [5, 5.41) is 10.9. The molecule has 0 unspecified atom stereocenters. The highest BCUT2D eigenvalue weighted by atomic mass is 32.2. The summed E-state index contributed by atoms with van der Waals surface area (Å²) in [6, 6.07) is 0. The van der Waals surface area contributed by atoms with Crippen LogP contribution in [0.2, 0.25) is 0 Å². The summed E-state index contributed by atoms with van der Waals surface area (Å²) in [4.78, 5) is 10.9. The summed E-state index contributed by atoms with van der Waals surface area (Å²) in [5.74, 6) is -6.44. The number of carbonyl (C=O) groups is 1. The van der Waals surface area contributed by atoms with E-state index in [9.17, 15) is 27.1 Å². The molecule has 1 aliphatic carbocycles. The Kier molecular flexibility index (Phi) is 5.87. The number of carboxylic acid groups (broad SMARTS) is 1. The predicted molar refractivity (Wildman–Crippen MR) is 82.4 cm³/mol. The van der Waals surface area contributed by atoms with Crippen molar-refractivity contribution >= 4 is 16.2 Å². The van der Waals surface area contributed by atoms with E-state index in [1.54, 1.807) is 0 Å². The molecule has 24 heavy (non-hydrogen) atoms. The molecule has 2 aliphatic rings. The van der Waals surface area contributed by atoms with Crippen LogP contribution in [0.3, 0.4) is 0 Å². The highest BCUT2D eigenvalue weighted by Gasteiger charge is 2.40. The molecule has 0 amide bonds. The zero-order valence-corrected chi connectivity index (χ0v) is 14.7. The van der Waals surface area contributed by atoms with Gasteiger partial charge >= 0.3 is 0 Å². The SMILES string of the molecule is CC(F)(F)C[C@@H](CNS(=O)(=O)N1CCC2(CCCC2)CC1)C(=O)[O-]. The Morgan fingerprint density at radius 2 is 1.79 bits per heavy atom. The molecule has 1 saturated heterocycles. The number of hydrogen-bond acceptors (Lipinski definition) is 4. The van der Waals surface area contributed by atoms with Crippen molar-refractivity contribution in [1.82, 2.24) is 9.03 Å². The Balaban J connectivity index is 1.90. The van der Waals surface area contributed by atoms with Gasteiger partial charge in [0.05, 0.1) is 0 Å². The standard InChI is InChI=1S/C15H26F2N2O4S/c1-14(16,17)10-12(13(20)21)11-18-24(22,23)19-8-6-15(7-9-19)4-2-3-5-15/h12,18H,2-11H2,1H3,(H,20,21)/p-1/t12-/m0/s1. The fraction of sp³-hybridized carbons (Fsp3) is 0.933. The lowest BCUT2D eigenvalue weighted by Gasteiger charge is -2.38. The van der Waals surface area contributed by atoms with Gasteiger partial charge in [-0.05, 0) is 38.0 Å². The van der Waals surface area contributed by atoms with Crippen molar-refractivity contribution in [3.05, 3.63) is 0 Å². The molecule has 0 bridgehead atoms. The van der Waals surface area contributed by atoms with Crippen molar-refractivity contribution in [3.8, 4) is 0 Å². The number of hydrogen-bond donors (Lipinski definition) is 1. The molecule has 140 valence electrons. The van der Waals surface area contributed by atoms with Crippen LogP contribution in [0.4, 0.5) is 8.78 Å². The smallest absolute Gasteiger partial charge is 0.279 e. The molecular weight excluding hydrogens is 342 g/mol. The molecule has 0 aromatic carbocycles. The number of piperidine rings is 1. The van der Waals surface area contributed by atoms with Gasteiger partial charge in [-0.3, -0.25) is 0 Å². The molecule has 0 radical (unpaired) electrons. The van der Waals surface area contributed by atoms with Gasteiger partial charge in [-0.2, -0.15) is 12.7 Å². The molecule has 9 heteroatoms. The van der Waals surface area contributed by atoms with E-state index in [0.717, 1.165) is 25.7 Å². The van der Waals surface area contributed by atoms with Crippen molar-refractivity contribution in [2.45, 2.75) is 57.8 Å². The number of nitrogens with one attached hydrogen (secondary N) is 1. The Morgan fingerprint density at radius 3 is 2.25 bits per heavy atom. The summed E-state index contributed by atoms with van der Waals surface area (Å²) in [6.45, 7) is 0.781. The zero-order chi connectivity index (χ0) is 18.0. The van der Waals surface area contributed by atoms with Crippen molar-refractivity contribution in [1.29, 1.82) is 0 Å². The van der Waals surface area contributed by atoms with Crippen molar-refractivity contribution in [3.63, 3.8) is 0 Å². The Labute approximate surface area is 141 Å². The second kappa shape index (κ2) is 7.21. The normalized spacial score (nSPS) is 23.5. The second-order valence-electron chi connectivity index (χ2n) is 7.25. The van der Waals surface area contributed by atoms with Gasteiger partial charge in [-0.15, -0.1) is 0 Å². The Morgan fingerprint density at radius 1 is 1.25 bits per heavy atom. The van der Waals surface area contributed by atoms with Crippen LogP contribution in [0.25, 0.3) is 0 Å². The van der Waals surface area contributed by atoms with Crippen LogP contribution in [0, 0.1) is 11.3 Å². The van der Waals surface area contributed by atoms with E-state index in [0.29, 0.717) is 20.0 Å². The number of halogens is 2. The quantitative estimate of drug-likeness (QED) is 0.724. The second-order valence-corrected chi connectivity index (χ2v) is 9.01. The molecule has 6 nitrogen and oxygen atoms in total. The summed E-state index contributed by atoms with van der Waals surface area (Å²) in [6.07, 6.45) is 5.27. The molecule has 1 heterocycles. The van der Waals surface area contributed by atoms with Gasteiger partial charge in [0.2, 0.25) is 5.92 Å². The van der Waals surface area contributed by atoms with Crippen LogP contribution in [0.5, 0.6) is 0 Å². The third-order valence-electron chi connectivity index (χ3n) is 5.24. The average Bonchev–Trinajstić information content (AvgIpc) is 2.91. The third kappa shape index (κ3) is 5.10. The molecule has 0 aromatic heterocycles. The van der Waals surface area contributed by atoms with Gasteiger partial charge in [-0.25, -0.2) is 13.5 Å². The van der Waals surface area contributed by atoms with E-state index < -0.39 is 41.0 Å². The first-order chi connectivity index (χ1) is 11.0.